The molecule has 134 valence electrons. The molecule has 7 heteroatoms. The Morgan fingerprint density at radius 2 is 1.96 bits per heavy atom. The number of benzene rings is 2. The summed E-state index contributed by atoms with van der Waals surface area (Å²) in [6.07, 6.45) is 0.637. The maximum Gasteiger partial charge on any atom is 0.338 e. The maximum atomic E-state index is 12.3. The van der Waals surface area contributed by atoms with Gasteiger partial charge in [0.1, 0.15) is 12.4 Å². The van der Waals surface area contributed by atoms with Crippen LogP contribution in [0.15, 0.2) is 47.4 Å². The number of hydrogen-bond acceptors (Lipinski definition) is 6. The molecule has 1 aliphatic heterocycles. The fraction of sp³-hybridized carbons (Fsp3) is 0.211. The van der Waals surface area contributed by atoms with E-state index in [0.29, 0.717) is 23.1 Å². The first-order valence-corrected chi connectivity index (χ1v) is 8.84. The molecule has 6 nitrogen and oxygen atoms in total. The maximum absolute atomic E-state index is 12.3. The van der Waals surface area contributed by atoms with Crippen LogP contribution in [0, 0.1) is 5.41 Å². The molecule has 0 radical (unpaired) electrons. The lowest BCUT2D eigenvalue weighted by atomic mass is 10.1. The van der Waals surface area contributed by atoms with Gasteiger partial charge in [-0.3, -0.25) is 5.41 Å². The number of nitrogens with one attached hydrogen (secondary N) is 1. The van der Waals surface area contributed by atoms with Gasteiger partial charge in [0.15, 0.2) is 0 Å². The van der Waals surface area contributed by atoms with Gasteiger partial charge in [-0.2, -0.15) is 0 Å². The van der Waals surface area contributed by atoms with Crippen molar-refractivity contribution in [2.24, 2.45) is 5.73 Å². The van der Waals surface area contributed by atoms with Gasteiger partial charge in [0.2, 0.25) is 0 Å². The first-order valence-electron chi connectivity index (χ1n) is 7.96. The van der Waals surface area contributed by atoms with Gasteiger partial charge >= 0.3 is 11.9 Å². The number of rotatable bonds is 5. The summed E-state index contributed by atoms with van der Waals surface area (Å²) in [5.74, 6) is -0.734. The predicted octanol–water partition coefficient (Wildman–Crippen LogP) is 2.78. The van der Waals surface area contributed by atoms with Crippen molar-refractivity contribution in [3.8, 4) is 0 Å². The number of thioether (sulfide) groups is 1. The second kappa shape index (κ2) is 7.61. The Kier molecular flexibility index (Phi) is 5.27. The summed E-state index contributed by atoms with van der Waals surface area (Å²) in [7, 11) is 1.32. The average Bonchev–Trinajstić information content (AvgIpc) is 3.09. The van der Waals surface area contributed by atoms with Crippen LogP contribution < -0.4 is 5.73 Å². The topological polar surface area (TPSA) is 102 Å². The third kappa shape index (κ3) is 3.88. The Labute approximate surface area is 155 Å². The van der Waals surface area contributed by atoms with Gasteiger partial charge in [0, 0.05) is 4.90 Å². The first kappa shape index (κ1) is 18.0. The smallest absolute Gasteiger partial charge is 0.338 e. The van der Waals surface area contributed by atoms with E-state index in [9.17, 15) is 9.59 Å². The van der Waals surface area contributed by atoms with Gasteiger partial charge in [0.05, 0.1) is 23.5 Å². The SMILES string of the molecule is COC(=O)c1cccc(COC(=O)c2ccc3c(c2)CC(C(=N)N)S3)c1. The fourth-order valence-corrected chi connectivity index (χ4v) is 3.82. The van der Waals surface area contributed by atoms with Crippen LogP contribution in [-0.4, -0.2) is 30.1 Å². The van der Waals surface area contributed by atoms with Crippen molar-refractivity contribution >= 4 is 29.5 Å². The second-order valence-corrected chi connectivity index (χ2v) is 7.10. The molecule has 2 aromatic rings. The lowest BCUT2D eigenvalue weighted by molar-refractivity contribution is 0.0472. The van der Waals surface area contributed by atoms with E-state index >= 15 is 0 Å². The highest BCUT2D eigenvalue weighted by Crippen LogP contribution is 2.37. The molecule has 1 heterocycles. The Morgan fingerprint density at radius 1 is 1.19 bits per heavy atom. The fourth-order valence-electron chi connectivity index (χ4n) is 2.69. The summed E-state index contributed by atoms with van der Waals surface area (Å²) >= 11 is 1.54. The van der Waals surface area contributed by atoms with Gasteiger partial charge < -0.3 is 15.2 Å². The number of ether oxygens (including phenoxy) is 2. The van der Waals surface area contributed by atoms with Crippen LogP contribution in [-0.2, 0) is 22.5 Å². The zero-order chi connectivity index (χ0) is 18.7. The number of carbonyl (C=O) groups excluding carboxylic acids is 2. The van der Waals surface area contributed by atoms with Crippen LogP contribution in [0.3, 0.4) is 0 Å². The molecule has 2 aromatic carbocycles. The monoisotopic (exact) mass is 370 g/mol. The van der Waals surface area contributed by atoms with Gasteiger partial charge in [-0.05, 0) is 47.9 Å². The number of nitrogens with two attached hydrogens (primary N) is 1. The molecule has 3 rings (SSSR count). The van der Waals surface area contributed by atoms with Crippen LogP contribution >= 0.6 is 11.8 Å². The van der Waals surface area contributed by atoms with Gasteiger partial charge in [0.25, 0.3) is 0 Å². The Balaban J connectivity index is 1.66. The standard InChI is InChI=1S/C19H18N2O4S/c1-24-18(22)12-4-2-3-11(7-12)10-25-19(23)13-5-6-15-14(8-13)9-16(26-15)17(20)21/h2-8,16H,9-10H2,1H3,(H3,20,21). The molecule has 1 atom stereocenters. The molecule has 0 bridgehead atoms. The molecular formula is C19H18N2O4S. The Hall–Kier alpha value is -2.80. The minimum absolute atomic E-state index is 0.0611. The Morgan fingerprint density at radius 3 is 2.69 bits per heavy atom. The van der Waals surface area contributed by atoms with E-state index in [1.165, 1.54) is 18.9 Å². The van der Waals surface area contributed by atoms with E-state index in [2.05, 4.69) is 4.74 Å². The molecule has 0 spiro atoms. The highest BCUT2D eigenvalue weighted by Gasteiger charge is 2.25. The summed E-state index contributed by atoms with van der Waals surface area (Å²) in [5, 5.41) is 7.49. The molecule has 0 amide bonds. The van der Waals surface area contributed by atoms with E-state index in [1.807, 2.05) is 6.07 Å². The number of hydrogen-bond donors (Lipinski definition) is 2. The minimum atomic E-state index is -0.437. The highest BCUT2D eigenvalue weighted by atomic mass is 32.2. The molecule has 1 unspecified atom stereocenters. The number of fused-ring (bicyclic) bond motifs is 1. The lowest BCUT2D eigenvalue weighted by Gasteiger charge is -2.07. The second-order valence-electron chi connectivity index (χ2n) is 5.86. The van der Waals surface area contributed by atoms with Crippen molar-refractivity contribution in [1.82, 2.24) is 0 Å². The Bertz CT molecular complexity index is 882. The molecular weight excluding hydrogens is 352 g/mol. The molecule has 0 aliphatic carbocycles. The first-order chi connectivity index (χ1) is 12.5. The quantitative estimate of drug-likeness (QED) is 0.477. The molecule has 0 saturated carbocycles. The van der Waals surface area contributed by atoms with Crippen molar-refractivity contribution in [2.45, 2.75) is 23.2 Å². The number of amidine groups is 1. The van der Waals surface area contributed by atoms with Gasteiger partial charge in [-0.25, -0.2) is 9.59 Å². The summed E-state index contributed by atoms with van der Waals surface area (Å²) in [6.45, 7) is 0.0611. The summed E-state index contributed by atoms with van der Waals surface area (Å²) in [5.41, 5.74) is 8.13. The van der Waals surface area contributed by atoms with Gasteiger partial charge in [-0.15, -0.1) is 11.8 Å². The number of methoxy groups -OCH3 is 1. The van der Waals surface area contributed by atoms with Gasteiger partial charge in [-0.1, -0.05) is 12.1 Å². The molecule has 0 saturated heterocycles. The van der Waals surface area contributed by atoms with Crippen molar-refractivity contribution in [3.05, 3.63) is 64.7 Å². The average molecular weight is 370 g/mol. The third-order valence-corrected chi connectivity index (χ3v) is 5.39. The number of carbonyl (C=O) groups is 2. The summed E-state index contributed by atoms with van der Waals surface area (Å²) in [4.78, 5) is 24.9. The van der Waals surface area contributed by atoms with Crippen LogP contribution in [0.2, 0.25) is 0 Å². The molecule has 3 N–H and O–H groups in total. The third-order valence-electron chi connectivity index (χ3n) is 4.04. The minimum Gasteiger partial charge on any atom is -0.465 e. The summed E-state index contributed by atoms with van der Waals surface area (Å²) < 4.78 is 10.0. The van der Waals surface area contributed by atoms with E-state index in [0.717, 1.165) is 10.5 Å². The van der Waals surface area contributed by atoms with Crippen molar-refractivity contribution < 1.29 is 19.1 Å². The lowest BCUT2D eigenvalue weighted by Crippen LogP contribution is -2.24. The number of esters is 2. The zero-order valence-electron chi connectivity index (χ0n) is 14.2. The normalized spacial score (nSPS) is 15.2. The molecule has 0 aromatic heterocycles. The van der Waals surface area contributed by atoms with Crippen LogP contribution in [0.1, 0.15) is 31.8 Å². The molecule has 1 aliphatic rings. The van der Waals surface area contributed by atoms with Crippen molar-refractivity contribution in [3.63, 3.8) is 0 Å². The van der Waals surface area contributed by atoms with E-state index in [-0.39, 0.29) is 17.7 Å². The largest absolute Gasteiger partial charge is 0.465 e. The van der Waals surface area contributed by atoms with Crippen molar-refractivity contribution in [1.29, 1.82) is 5.41 Å². The molecule has 0 fully saturated rings. The van der Waals surface area contributed by atoms with E-state index < -0.39 is 11.9 Å². The zero-order valence-corrected chi connectivity index (χ0v) is 15.0. The highest BCUT2D eigenvalue weighted by molar-refractivity contribution is 8.01. The van der Waals surface area contributed by atoms with Crippen LogP contribution in [0.5, 0.6) is 0 Å². The van der Waals surface area contributed by atoms with E-state index in [1.54, 1.807) is 36.4 Å². The molecule has 26 heavy (non-hydrogen) atoms. The van der Waals surface area contributed by atoms with Crippen molar-refractivity contribution in [2.75, 3.05) is 7.11 Å². The van der Waals surface area contributed by atoms with E-state index in [4.69, 9.17) is 15.9 Å². The van der Waals surface area contributed by atoms with Crippen LogP contribution in [0.25, 0.3) is 0 Å². The summed E-state index contributed by atoms with van der Waals surface area (Å²) in [6, 6.07) is 12.1. The van der Waals surface area contributed by atoms with Crippen LogP contribution in [0.4, 0.5) is 0 Å². The predicted molar refractivity (Wildman–Crippen MR) is 98.6 cm³/mol.